The Morgan fingerprint density at radius 1 is 1.86 bits per heavy atom. The summed E-state index contributed by atoms with van der Waals surface area (Å²) in [6, 6.07) is -0.539. The van der Waals surface area contributed by atoms with Crippen molar-refractivity contribution in [3.63, 3.8) is 0 Å². The number of terminal acetylenes is 1. The van der Waals surface area contributed by atoms with E-state index in [9.17, 15) is 4.79 Å². The summed E-state index contributed by atoms with van der Waals surface area (Å²) in [5, 5.41) is 12.1. The Balaban J connectivity index is 2.72. The number of aliphatic carboxylic acids is 1. The summed E-state index contributed by atoms with van der Waals surface area (Å²) < 4.78 is 0. The maximum Gasteiger partial charge on any atom is 0.322 e. The van der Waals surface area contributed by atoms with Crippen molar-refractivity contribution >= 4 is 5.97 Å². The molecule has 1 heterocycles. The molecule has 0 aromatic rings. The Bertz CT molecular complexity index is 247. The number of hydrogen-bond acceptors (Lipinski definition) is 3. The molecule has 0 aromatic carbocycles. The van der Waals surface area contributed by atoms with Crippen molar-refractivity contribution in [1.29, 1.82) is 0 Å². The zero-order valence-electron chi connectivity index (χ0n) is 8.36. The summed E-state index contributed by atoms with van der Waals surface area (Å²) in [5.41, 5.74) is 0. The lowest BCUT2D eigenvalue weighted by atomic mass is 10.1. The highest BCUT2D eigenvalue weighted by molar-refractivity contribution is 5.74. The summed E-state index contributed by atoms with van der Waals surface area (Å²) in [4.78, 5) is 12.8. The number of rotatable bonds is 3. The molecule has 2 unspecified atom stereocenters. The van der Waals surface area contributed by atoms with Gasteiger partial charge < -0.3 is 10.4 Å². The van der Waals surface area contributed by atoms with Gasteiger partial charge in [-0.25, -0.2) is 0 Å². The van der Waals surface area contributed by atoms with Gasteiger partial charge in [0.05, 0.1) is 6.04 Å². The fourth-order valence-corrected chi connectivity index (χ4v) is 1.77. The fourth-order valence-electron chi connectivity index (χ4n) is 1.77. The third-order valence-corrected chi connectivity index (χ3v) is 2.55. The lowest BCUT2D eigenvalue weighted by Gasteiger charge is -2.36. The number of piperazine rings is 1. The van der Waals surface area contributed by atoms with Crippen LogP contribution in [-0.2, 0) is 4.79 Å². The van der Waals surface area contributed by atoms with Crippen molar-refractivity contribution in [3.05, 3.63) is 0 Å². The highest BCUT2D eigenvalue weighted by atomic mass is 16.4. The largest absolute Gasteiger partial charge is 0.480 e. The van der Waals surface area contributed by atoms with Gasteiger partial charge in [-0.2, -0.15) is 0 Å². The Morgan fingerprint density at radius 2 is 2.57 bits per heavy atom. The van der Waals surface area contributed by atoms with E-state index in [0.717, 1.165) is 13.0 Å². The van der Waals surface area contributed by atoms with Crippen LogP contribution in [0.3, 0.4) is 0 Å². The van der Waals surface area contributed by atoms with Crippen LogP contribution in [0.5, 0.6) is 0 Å². The van der Waals surface area contributed by atoms with Gasteiger partial charge in [0.15, 0.2) is 0 Å². The lowest BCUT2D eigenvalue weighted by Crippen LogP contribution is -2.57. The molecule has 1 fully saturated rings. The number of nitrogens with zero attached hydrogens (tertiary/aromatic N) is 1. The van der Waals surface area contributed by atoms with Gasteiger partial charge in [-0.15, -0.1) is 6.42 Å². The minimum atomic E-state index is -0.800. The third kappa shape index (κ3) is 2.25. The number of hydrogen-bond donors (Lipinski definition) is 2. The Hall–Kier alpha value is -1.05. The number of carbonyl (C=O) groups is 1. The average molecular weight is 196 g/mol. The van der Waals surface area contributed by atoms with E-state index in [2.05, 4.69) is 11.2 Å². The van der Waals surface area contributed by atoms with Crippen LogP contribution in [0.25, 0.3) is 0 Å². The number of nitrogens with one attached hydrogen (secondary N) is 1. The molecule has 1 aliphatic heterocycles. The van der Waals surface area contributed by atoms with Crippen LogP contribution >= 0.6 is 0 Å². The second-order valence-corrected chi connectivity index (χ2v) is 3.39. The molecule has 14 heavy (non-hydrogen) atoms. The number of carboxylic acid groups (broad SMARTS) is 1. The predicted molar refractivity (Wildman–Crippen MR) is 53.9 cm³/mol. The molecule has 1 rings (SSSR count). The molecule has 0 radical (unpaired) electrons. The first-order chi connectivity index (χ1) is 6.70. The highest BCUT2D eigenvalue weighted by Crippen LogP contribution is 2.11. The van der Waals surface area contributed by atoms with Crippen LogP contribution in [0, 0.1) is 12.3 Å². The smallest absolute Gasteiger partial charge is 0.322 e. The molecule has 2 N–H and O–H groups in total. The van der Waals surface area contributed by atoms with Crippen molar-refractivity contribution in [1.82, 2.24) is 10.2 Å². The van der Waals surface area contributed by atoms with Gasteiger partial charge in [0.1, 0.15) is 6.04 Å². The van der Waals surface area contributed by atoms with Crippen LogP contribution in [-0.4, -0.2) is 47.7 Å². The summed E-state index contributed by atoms with van der Waals surface area (Å²) in [5.74, 6) is 1.84. The van der Waals surface area contributed by atoms with Crippen molar-refractivity contribution in [2.24, 2.45) is 0 Å². The average Bonchev–Trinajstić information content (AvgIpc) is 2.20. The van der Waals surface area contributed by atoms with Gasteiger partial charge in [0, 0.05) is 19.6 Å². The van der Waals surface area contributed by atoms with E-state index in [-0.39, 0.29) is 6.04 Å². The van der Waals surface area contributed by atoms with E-state index in [4.69, 9.17) is 11.5 Å². The van der Waals surface area contributed by atoms with Crippen molar-refractivity contribution in [2.75, 3.05) is 19.6 Å². The zero-order chi connectivity index (χ0) is 10.6. The van der Waals surface area contributed by atoms with Crippen molar-refractivity contribution in [3.8, 4) is 12.3 Å². The van der Waals surface area contributed by atoms with Crippen LogP contribution in [0.1, 0.15) is 13.3 Å². The maximum atomic E-state index is 11.0. The Kier molecular flexibility index (Phi) is 3.93. The fraction of sp³-hybridized carbons (Fsp3) is 0.700. The zero-order valence-corrected chi connectivity index (χ0v) is 8.36. The van der Waals surface area contributed by atoms with Gasteiger partial charge in [0.25, 0.3) is 0 Å². The van der Waals surface area contributed by atoms with E-state index in [1.165, 1.54) is 0 Å². The molecule has 4 nitrogen and oxygen atoms in total. The van der Waals surface area contributed by atoms with Gasteiger partial charge in [-0.05, 0) is 6.42 Å². The molecule has 78 valence electrons. The van der Waals surface area contributed by atoms with Crippen LogP contribution < -0.4 is 5.32 Å². The number of carboxylic acids is 1. The Labute approximate surface area is 84.3 Å². The maximum absolute atomic E-state index is 11.0. The van der Waals surface area contributed by atoms with Gasteiger partial charge in [-0.1, -0.05) is 12.8 Å². The first kappa shape index (κ1) is 11.0. The van der Waals surface area contributed by atoms with Crippen LogP contribution in [0.2, 0.25) is 0 Å². The van der Waals surface area contributed by atoms with E-state index in [1.807, 2.05) is 11.8 Å². The molecule has 1 aliphatic rings. The summed E-state index contributed by atoms with van der Waals surface area (Å²) in [6.45, 7) is 3.97. The van der Waals surface area contributed by atoms with Gasteiger partial charge in [-0.3, -0.25) is 9.69 Å². The highest BCUT2D eigenvalue weighted by Gasteiger charge is 2.31. The first-order valence-corrected chi connectivity index (χ1v) is 4.86. The van der Waals surface area contributed by atoms with Crippen LogP contribution in [0.15, 0.2) is 0 Å². The second kappa shape index (κ2) is 4.99. The molecule has 0 bridgehead atoms. The first-order valence-electron chi connectivity index (χ1n) is 4.86. The lowest BCUT2D eigenvalue weighted by molar-refractivity contribution is -0.144. The minimum Gasteiger partial charge on any atom is -0.480 e. The predicted octanol–water partition coefficient (Wildman–Crippen LogP) is -0.243. The normalized spacial score (nSPS) is 25.3. The second-order valence-electron chi connectivity index (χ2n) is 3.39. The van der Waals surface area contributed by atoms with E-state index in [0.29, 0.717) is 13.1 Å². The SMILES string of the molecule is C#CC(CC)N1CCNCC1C(=O)O. The molecule has 0 aromatic heterocycles. The molecule has 0 amide bonds. The molecular weight excluding hydrogens is 180 g/mol. The summed E-state index contributed by atoms with van der Waals surface area (Å²) in [6.07, 6.45) is 6.16. The molecule has 0 spiro atoms. The quantitative estimate of drug-likeness (QED) is 0.612. The molecule has 0 saturated carbocycles. The van der Waals surface area contributed by atoms with Gasteiger partial charge in [0.2, 0.25) is 0 Å². The minimum absolute atomic E-state index is 0.0572. The molecule has 2 atom stereocenters. The standard InChI is InChI=1S/C10H16N2O2/c1-3-8(4-2)12-6-5-11-7-9(12)10(13)14/h1,8-9,11H,4-7H2,2H3,(H,13,14). The van der Waals surface area contributed by atoms with E-state index < -0.39 is 12.0 Å². The van der Waals surface area contributed by atoms with E-state index >= 15 is 0 Å². The van der Waals surface area contributed by atoms with Gasteiger partial charge >= 0.3 is 5.97 Å². The summed E-state index contributed by atoms with van der Waals surface area (Å²) in [7, 11) is 0. The van der Waals surface area contributed by atoms with Crippen molar-refractivity contribution < 1.29 is 9.90 Å². The summed E-state index contributed by atoms with van der Waals surface area (Å²) >= 11 is 0. The Morgan fingerprint density at radius 3 is 3.07 bits per heavy atom. The topological polar surface area (TPSA) is 52.6 Å². The van der Waals surface area contributed by atoms with Crippen molar-refractivity contribution in [2.45, 2.75) is 25.4 Å². The molecular formula is C10H16N2O2. The third-order valence-electron chi connectivity index (χ3n) is 2.55. The van der Waals surface area contributed by atoms with E-state index in [1.54, 1.807) is 0 Å². The molecule has 1 saturated heterocycles. The monoisotopic (exact) mass is 196 g/mol. The molecule has 4 heteroatoms. The molecule has 0 aliphatic carbocycles. The van der Waals surface area contributed by atoms with Crippen LogP contribution in [0.4, 0.5) is 0 Å².